The van der Waals surface area contributed by atoms with Crippen LogP contribution in [-0.4, -0.2) is 10.2 Å². The Morgan fingerprint density at radius 3 is 2.65 bits per heavy atom. The molecule has 0 spiro atoms. The summed E-state index contributed by atoms with van der Waals surface area (Å²) in [4.78, 5) is 0. The van der Waals surface area contributed by atoms with E-state index in [1.165, 1.54) is 0 Å². The first-order chi connectivity index (χ1) is 8.36. The van der Waals surface area contributed by atoms with Gasteiger partial charge in [-0.05, 0) is 24.3 Å². The minimum Gasteiger partial charge on any atom is -0.454 e. The number of nitrogens with one attached hydrogen (secondary N) is 1. The van der Waals surface area contributed by atoms with E-state index in [9.17, 15) is 0 Å². The number of aromatic nitrogens is 2. The summed E-state index contributed by atoms with van der Waals surface area (Å²) in [6, 6.07) is 13.3. The number of hydrogen-bond donors (Lipinski definition) is 2. The number of benzene rings is 1. The third-order valence-corrected chi connectivity index (χ3v) is 2.49. The Bertz CT molecular complexity index is 612. The Labute approximate surface area is 97.2 Å². The van der Waals surface area contributed by atoms with Gasteiger partial charge in [0.25, 0.3) is 0 Å². The van der Waals surface area contributed by atoms with Crippen LogP contribution in [0.2, 0.25) is 0 Å². The third-order valence-electron chi connectivity index (χ3n) is 2.49. The van der Waals surface area contributed by atoms with Crippen LogP contribution < -0.4 is 11.3 Å². The molecule has 3 N–H and O–H groups in total. The normalized spacial score (nSPS) is 10.6. The Kier molecular flexibility index (Phi) is 2.23. The molecule has 0 radical (unpaired) electrons. The largest absolute Gasteiger partial charge is 0.454 e. The van der Waals surface area contributed by atoms with Gasteiger partial charge in [-0.3, -0.25) is 0 Å². The summed E-state index contributed by atoms with van der Waals surface area (Å²) < 4.78 is 5.67. The summed E-state index contributed by atoms with van der Waals surface area (Å²) in [5, 5.41) is 8.97. The van der Waals surface area contributed by atoms with Crippen molar-refractivity contribution in [2.45, 2.75) is 0 Å². The average Bonchev–Trinajstić information content (AvgIpc) is 2.82. The number of nitrogens with zero attached hydrogens (tertiary/aromatic N) is 2. The van der Waals surface area contributed by atoms with Crippen molar-refractivity contribution >= 4 is 16.8 Å². The van der Waals surface area contributed by atoms with Gasteiger partial charge < -0.3 is 9.84 Å². The first-order valence-electron chi connectivity index (χ1n) is 5.16. The molecule has 0 aliphatic rings. The van der Waals surface area contributed by atoms with Gasteiger partial charge in [-0.2, -0.15) is 0 Å². The molecule has 0 atom stereocenters. The second kappa shape index (κ2) is 3.88. The van der Waals surface area contributed by atoms with Crippen LogP contribution >= 0.6 is 0 Å². The van der Waals surface area contributed by atoms with Crippen LogP contribution in [0, 0.1) is 0 Å². The molecule has 5 nitrogen and oxygen atoms in total. The molecular weight excluding hydrogens is 216 g/mol. The van der Waals surface area contributed by atoms with Gasteiger partial charge in [-0.15, -0.1) is 10.2 Å². The fourth-order valence-corrected chi connectivity index (χ4v) is 1.65. The Morgan fingerprint density at radius 1 is 1.06 bits per heavy atom. The third kappa shape index (κ3) is 1.72. The minimum atomic E-state index is 0.518. The smallest absolute Gasteiger partial charge is 0.162 e. The van der Waals surface area contributed by atoms with Gasteiger partial charge in [0, 0.05) is 5.39 Å². The molecule has 2 aromatic heterocycles. The SMILES string of the molecule is NNc1ccc(-c2cc3ccccc3o2)nn1. The summed E-state index contributed by atoms with van der Waals surface area (Å²) in [7, 11) is 0. The molecule has 1 aromatic carbocycles. The number of nitrogen functional groups attached to an aromatic ring is 1. The fraction of sp³-hybridized carbons (Fsp3) is 0. The number of hydrazine groups is 1. The maximum absolute atomic E-state index is 5.67. The van der Waals surface area contributed by atoms with Crippen LogP contribution in [-0.2, 0) is 0 Å². The van der Waals surface area contributed by atoms with E-state index in [1.807, 2.05) is 30.3 Å². The quantitative estimate of drug-likeness (QED) is 0.517. The van der Waals surface area contributed by atoms with Crippen molar-refractivity contribution in [1.82, 2.24) is 10.2 Å². The number of rotatable bonds is 2. The van der Waals surface area contributed by atoms with Crippen molar-refractivity contribution in [3.8, 4) is 11.5 Å². The number of fused-ring (bicyclic) bond motifs is 1. The summed E-state index contributed by atoms with van der Waals surface area (Å²) in [6.07, 6.45) is 0. The van der Waals surface area contributed by atoms with Crippen LogP contribution in [0.4, 0.5) is 5.82 Å². The van der Waals surface area contributed by atoms with Crippen molar-refractivity contribution in [2.24, 2.45) is 5.84 Å². The summed E-state index contributed by atoms with van der Waals surface area (Å²) in [6.45, 7) is 0. The Morgan fingerprint density at radius 2 is 1.94 bits per heavy atom. The number of nitrogens with two attached hydrogens (primary N) is 1. The highest BCUT2D eigenvalue weighted by Gasteiger charge is 2.07. The molecule has 3 rings (SSSR count). The molecule has 0 saturated heterocycles. The van der Waals surface area contributed by atoms with E-state index >= 15 is 0 Å². The molecule has 0 bridgehead atoms. The molecule has 0 aliphatic heterocycles. The van der Waals surface area contributed by atoms with Gasteiger partial charge >= 0.3 is 0 Å². The highest BCUT2D eigenvalue weighted by atomic mass is 16.3. The molecule has 0 saturated carbocycles. The second-order valence-electron chi connectivity index (χ2n) is 3.60. The minimum absolute atomic E-state index is 0.518. The standard InChI is InChI=1S/C12H10N4O/c13-14-12-6-5-9(15-16-12)11-7-8-3-1-2-4-10(8)17-11/h1-7H,13H2,(H,14,16). The lowest BCUT2D eigenvalue weighted by atomic mass is 10.2. The fourth-order valence-electron chi connectivity index (χ4n) is 1.65. The van der Waals surface area contributed by atoms with Gasteiger partial charge in [0.05, 0.1) is 0 Å². The van der Waals surface area contributed by atoms with E-state index < -0.39 is 0 Å². The zero-order valence-corrected chi connectivity index (χ0v) is 8.92. The van der Waals surface area contributed by atoms with Crippen LogP contribution in [0.15, 0.2) is 46.9 Å². The van der Waals surface area contributed by atoms with E-state index in [0.717, 1.165) is 11.0 Å². The van der Waals surface area contributed by atoms with Crippen molar-refractivity contribution in [1.29, 1.82) is 0 Å². The molecule has 17 heavy (non-hydrogen) atoms. The number of hydrogen-bond acceptors (Lipinski definition) is 5. The molecule has 0 amide bonds. The van der Waals surface area contributed by atoms with Crippen molar-refractivity contribution in [2.75, 3.05) is 5.43 Å². The predicted molar refractivity (Wildman–Crippen MR) is 65.1 cm³/mol. The highest BCUT2D eigenvalue weighted by molar-refractivity contribution is 5.82. The molecule has 0 fully saturated rings. The molecule has 2 heterocycles. The zero-order chi connectivity index (χ0) is 11.7. The van der Waals surface area contributed by atoms with Crippen LogP contribution in [0.25, 0.3) is 22.4 Å². The lowest BCUT2D eigenvalue weighted by Crippen LogP contribution is -2.08. The molecule has 5 heteroatoms. The van der Waals surface area contributed by atoms with Crippen LogP contribution in [0.1, 0.15) is 0 Å². The van der Waals surface area contributed by atoms with Gasteiger partial charge in [-0.1, -0.05) is 18.2 Å². The van der Waals surface area contributed by atoms with E-state index in [2.05, 4.69) is 15.6 Å². The predicted octanol–water partition coefficient (Wildman–Crippen LogP) is 2.18. The van der Waals surface area contributed by atoms with E-state index in [-0.39, 0.29) is 0 Å². The van der Waals surface area contributed by atoms with E-state index in [1.54, 1.807) is 12.1 Å². The van der Waals surface area contributed by atoms with E-state index in [4.69, 9.17) is 10.3 Å². The molecule has 0 aliphatic carbocycles. The summed E-state index contributed by atoms with van der Waals surface area (Å²) >= 11 is 0. The van der Waals surface area contributed by atoms with Gasteiger partial charge in [0.1, 0.15) is 11.3 Å². The first-order valence-corrected chi connectivity index (χ1v) is 5.16. The molecule has 84 valence electrons. The van der Waals surface area contributed by atoms with Crippen LogP contribution in [0.3, 0.4) is 0 Å². The van der Waals surface area contributed by atoms with Crippen molar-refractivity contribution in [3.63, 3.8) is 0 Å². The lowest BCUT2D eigenvalue weighted by Gasteiger charge is -1.97. The Balaban J connectivity index is 2.07. The highest BCUT2D eigenvalue weighted by Crippen LogP contribution is 2.26. The topological polar surface area (TPSA) is 77.0 Å². The first kappa shape index (κ1) is 9.80. The lowest BCUT2D eigenvalue weighted by molar-refractivity contribution is 0.627. The summed E-state index contributed by atoms with van der Waals surface area (Å²) in [5.74, 6) is 6.44. The Hall–Kier alpha value is -2.40. The van der Waals surface area contributed by atoms with Gasteiger partial charge in [-0.25, -0.2) is 5.84 Å². The number of para-hydroxylation sites is 1. The average molecular weight is 226 g/mol. The van der Waals surface area contributed by atoms with E-state index in [0.29, 0.717) is 17.3 Å². The van der Waals surface area contributed by atoms with Crippen molar-refractivity contribution < 1.29 is 4.42 Å². The van der Waals surface area contributed by atoms with Crippen LogP contribution in [0.5, 0.6) is 0 Å². The second-order valence-corrected chi connectivity index (χ2v) is 3.60. The maximum atomic E-state index is 5.67. The molecule has 0 unspecified atom stereocenters. The number of anilines is 1. The maximum Gasteiger partial charge on any atom is 0.162 e. The van der Waals surface area contributed by atoms with Gasteiger partial charge in [0.2, 0.25) is 0 Å². The van der Waals surface area contributed by atoms with Gasteiger partial charge in [0.15, 0.2) is 11.6 Å². The monoisotopic (exact) mass is 226 g/mol. The molecule has 3 aromatic rings. The molecular formula is C12H10N4O. The zero-order valence-electron chi connectivity index (χ0n) is 8.92. The summed E-state index contributed by atoms with van der Waals surface area (Å²) in [5.41, 5.74) is 3.95. The van der Waals surface area contributed by atoms with Crippen molar-refractivity contribution in [3.05, 3.63) is 42.5 Å². The number of furan rings is 1.